The third kappa shape index (κ3) is 3.92. The quantitative estimate of drug-likeness (QED) is 0.312. The van der Waals surface area contributed by atoms with Gasteiger partial charge in [0.05, 0.1) is 37.1 Å². The largest absolute Gasteiger partial charge is 0.469 e. The average molecular weight is 477 g/mol. The molecule has 2 bridgehead atoms. The van der Waals surface area contributed by atoms with E-state index in [1.54, 1.807) is 7.11 Å². The highest BCUT2D eigenvalue weighted by Crippen LogP contribution is 2.60. The Balaban J connectivity index is 1.30. The summed E-state index contributed by atoms with van der Waals surface area (Å²) in [5.41, 5.74) is 0.159. The van der Waals surface area contributed by atoms with Crippen molar-refractivity contribution in [3.05, 3.63) is 11.6 Å². The van der Waals surface area contributed by atoms with Gasteiger partial charge in [-0.2, -0.15) is 0 Å². The first kappa shape index (κ1) is 24.3. The predicted octanol–water partition coefficient (Wildman–Crippen LogP) is 3.98. The molecule has 0 radical (unpaired) electrons. The molecule has 4 aliphatic carbocycles. The molecule has 4 saturated carbocycles. The lowest BCUT2D eigenvalue weighted by atomic mass is 9.56. The summed E-state index contributed by atoms with van der Waals surface area (Å²) < 4.78 is 29.6. The van der Waals surface area contributed by atoms with E-state index in [0.29, 0.717) is 13.0 Å². The summed E-state index contributed by atoms with van der Waals surface area (Å²) in [6.45, 7) is 7.06. The van der Waals surface area contributed by atoms with Crippen molar-refractivity contribution >= 4 is 11.9 Å². The molecule has 0 aromatic rings. The van der Waals surface area contributed by atoms with Gasteiger partial charge in [0.15, 0.2) is 0 Å². The molecular formula is C27H40O7. The van der Waals surface area contributed by atoms with Crippen LogP contribution in [-0.2, 0) is 33.3 Å². The SMILES string of the molecule is COC(=O)C12CCC(CC1)C(C(=O)O[C@@H]1CC[C@]3(CO3)[C@@H]([C@]3(C)O[C@H]3CC=C(C)C)[C@@H]1OC)C2. The van der Waals surface area contributed by atoms with Crippen molar-refractivity contribution in [2.24, 2.45) is 23.2 Å². The minimum Gasteiger partial charge on any atom is -0.469 e. The van der Waals surface area contributed by atoms with E-state index in [-0.39, 0.29) is 59.2 Å². The minimum absolute atomic E-state index is 0.0105. The highest BCUT2D eigenvalue weighted by atomic mass is 16.6. The van der Waals surface area contributed by atoms with Crippen LogP contribution in [0.1, 0.15) is 72.1 Å². The maximum atomic E-state index is 13.5. The van der Waals surface area contributed by atoms with Crippen LogP contribution in [0.4, 0.5) is 0 Å². The molecule has 0 aromatic heterocycles. The van der Waals surface area contributed by atoms with Crippen molar-refractivity contribution in [3.8, 4) is 0 Å². The van der Waals surface area contributed by atoms with E-state index in [1.807, 2.05) is 0 Å². The number of esters is 2. The molecule has 0 aromatic carbocycles. The minimum atomic E-state index is -0.525. The lowest BCUT2D eigenvalue weighted by Gasteiger charge is -2.48. The average Bonchev–Trinajstić information content (AvgIpc) is 3.75. The monoisotopic (exact) mass is 476 g/mol. The summed E-state index contributed by atoms with van der Waals surface area (Å²) in [5, 5.41) is 0. The summed E-state index contributed by atoms with van der Waals surface area (Å²) in [6.07, 6.45) is 8.05. The maximum absolute atomic E-state index is 13.5. The first-order valence-corrected chi connectivity index (χ1v) is 12.9. The van der Waals surface area contributed by atoms with Crippen molar-refractivity contribution in [1.29, 1.82) is 0 Å². The molecule has 190 valence electrons. The van der Waals surface area contributed by atoms with E-state index in [0.717, 1.165) is 44.9 Å². The molecule has 6 aliphatic rings. The van der Waals surface area contributed by atoms with Gasteiger partial charge in [-0.15, -0.1) is 0 Å². The van der Waals surface area contributed by atoms with Gasteiger partial charge in [-0.1, -0.05) is 11.6 Å². The van der Waals surface area contributed by atoms with E-state index in [2.05, 4.69) is 26.8 Å². The van der Waals surface area contributed by atoms with Crippen molar-refractivity contribution < 1.29 is 33.3 Å². The van der Waals surface area contributed by atoms with E-state index in [1.165, 1.54) is 12.7 Å². The van der Waals surface area contributed by atoms with Crippen LogP contribution in [0.3, 0.4) is 0 Å². The Morgan fingerprint density at radius 1 is 1.09 bits per heavy atom. The number of rotatable bonds is 7. The van der Waals surface area contributed by atoms with Crippen molar-refractivity contribution in [1.82, 2.24) is 0 Å². The molecule has 7 nitrogen and oxygen atoms in total. The normalized spacial score (nSPS) is 46.6. The van der Waals surface area contributed by atoms with Crippen molar-refractivity contribution in [3.63, 3.8) is 0 Å². The number of allylic oxidation sites excluding steroid dienone is 1. The van der Waals surface area contributed by atoms with Crippen molar-refractivity contribution in [2.75, 3.05) is 20.8 Å². The van der Waals surface area contributed by atoms with Gasteiger partial charge >= 0.3 is 11.9 Å². The second kappa shape index (κ2) is 8.59. The third-order valence-electron chi connectivity index (χ3n) is 9.59. The highest BCUT2D eigenvalue weighted by molar-refractivity contribution is 5.80. The van der Waals surface area contributed by atoms with E-state index < -0.39 is 5.41 Å². The first-order valence-electron chi connectivity index (χ1n) is 12.9. The second-order valence-electron chi connectivity index (χ2n) is 11.8. The molecule has 2 aliphatic heterocycles. The molecule has 34 heavy (non-hydrogen) atoms. The van der Waals surface area contributed by atoms with E-state index in [4.69, 9.17) is 23.7 Å². The lowest BCUT2D eigenvalue weighted by molar-refractivity contribution is -0.186. The standard InChI is InChI=1S/C27H40O7/c1-16(2)6-7-20-25(3,34-20)22-21(30-4)19(10-13-27(22)15-32-27)33-23(28)18-14-26(24(29)31-5)11-8-17(18)9-12-26/h6,17-22H,7-15H2,1-5H3/t17?,18?,19-,20+,21-,22-,25-,26?,27+/m1/s1. The fraction of sp³-hybridized carbons (Fsp3) is 0.852. The van der Waals surface area contributed by atoms with Crippen LogP contribution in [0.2, 0.25) is 0 Å². The number of carbonyl (C=O) groups excluding carboxylic acids is 2. The molecule has 0 N–H and O–H groups in total. The Labute approximate surface area is 202 Å². The predicted molar refractivity (Wildman–Crippen MR) is 124 cm³/mol. The Morgan fingerprint density at radius 2 is 1.79 bits per heavy atom. The zero-order chi connectivity index (χ0) is 24.3. The smallest absolute Gasteiger partial charge is 0.311 e. The van der Waals surface area contributed by atoms with E-state index >= 15 is 0 Å². The van der Waals surface area contributed by atoms with Crippen molar-refractivity contribution in [2.45, 2.75) is 102 Å². The van der Waals surface area contributed by atoms with Crippen LogP contribution in [0.15, 0.2) is 11.6 Å². The van der Waals surface area contributed by atoms with Gasteiger partial charge in [-0.25, -0.2) is 0 Å². The number of hydrogen-bond acceptors (Lipinski definition) is 7. The molecule has 2 heterocycles. The Morgan fingerprint density at radius 3 is 2.38 bits per heavy atom. The van der Waals surface area contributed by atoms with Gasteiger partial charge in [0.1, 0.15) is 23.4 Å². The Hall–Kier alpha value is -1.44. The molecule has 7 atom stereocenters. The Bertz CT molecular complexity index is 849. The summed E-state index contributed by atoms with van der Waals surface area (Å²) >= 11 is 0. The molecule has 6 rings (SSSR count). The third-order valence-corrected chi connectivity index (χ3v) is 9.59. The van der Waals surface area contributed by atoms with Crippen LogP contribution in [0.25, 0.3) is 0 Å². The van der Waals surface area contributed by atoms with Gasteiger partial charge in [0, 0.05) is 7.11 Å². The molecular weight excluding hydrogens is 436 g/mol. The van der Waals surface area contributed by atoms with Crippen LogP contribution in [0, 0.1) is 23.2 Å². The van der Waals surface area contributed by atoms with Gasteiger partial charge in [-0.3, -0.25) is 9.59 Å². The number of hydrogen-bond donors (Lipinski definition) is 0. The summed E-state index contributed by atoms with van der Waals surface area (Å²) in [6, 6.07) is 0. The lowest BCUT2D eigenvalue weighted by Crippen LogP contribution is -2.56. The summed E-state index contributed by atoms with van der Waals surface area (Å²) in [5.74, 6) is -0.306. The zero-order valence-electron chi connectivity index (χ0n) is 21.3. The number of ether oxygens (including phenoxy) is 5. The van der Waals surface area contributed by atoms with Gasteiger partial charge in [0.2, 0.25) is 0 Å². The van der Waals surface area contributed by atoms with Crippen LogP contribution < -0.4 is 0 Å². The topological polar surface area (TPSA) is 86.9 Å². The number of methoxy groups -OCH3 is 2. The fourth-order valence-electron chi connectivity index (χ4n) is 7.47. The number of fused-ring (bicyclic) bond motifs is 3. The van der Waals surface area contributed by atoms with Crippen LogP contribution in [0.5, 0.6) is 0 Å². The molecule has 7 heteroatoms. The van der Waals surface area contributed by atoms with Gasteiger partial charge in [-0.05, 0) is 78.1 Å². The molecule has 1 unspecified atom stereocenters. The number of epoxide rings is 2. The molecule has 2 saturated heterocycles. The molecule has 6 fully saturated rings. The summed E-state index contributed by atoms with van der Waals surface area (Å²) in [4.78, 5) is 26.0. The number of carbonyl (C=O) groups is 2. The van der Waals surface area contributed by atoms with E-state index in [9.17, 15) is 9.59 Å². The second-order valence-corrected chi connectivity index (χ2v) is 11.8. The van der Waals surface area contributed by atoms with Crippen LogP contribution in [-0.4, -0.2) is 62.3 Å². The Kier molecular flexibility index (Phi) is 6.13. The fourth-order valence-corrected chi connectivity index (χ4v) is 7.47. The summed E-state index contributed by atoms with van der Waals surface area (Å²) in [7, 11) is 3.14. The van der Waals surface area contributed by atoms with Gasteiger partial charge in [0.25, 0.3) is 0 Å². The first-order chi connectivity index (χ1) is 16.2. The maximum Gasteiger partial charge on any atom is 0.311 e. The zero-order valence-corrected chi connectivity index (χ0v) is 21.3. The van der Waals surface area contributed by atoms with Crippen LogP contribution >= 0.6 is 0 Å². The highest BCUT2D eigenvalue weighted by Gasteiger charge is 2.72. The van der Waals surface area contributed by atoms with Gasteiger partial charge < -0.3 is 23.7 Å². The molecule has 0 amide bonds. The molecule has 1 spiro atoms.